The number of carbonyl (C=O) groups excluding carboxylic acids is 2. The number of benzene rings is 2. The summed E-state index contributed by atoms with van der Waals surface area (Å²) in [5.74, 6) is 0.750. The summed E-state index contributed by atoms with van der Waals surface area (Å²) in [5.41, 5.74) is 4.72. The Labute approximate surface area is 206 Å². The highest BCUT2D eigenvalue weighted by Gasteiger charge is 2.37. The van der Waals surface area contributed by atoms with Gasteiger partial charge in [0.05, 0.1) is 18.2 Å². The van der Waals surface area contributed by atoms with Crippen molar-refractivity contribution >= 4 is 28.3 Å². The Kier molecular flexibility index (Phi) is 6.65. The van der Waals surface area contributed by atoms with Gasteiger partial charge in [-0.15, -0.1) is 0 Å². The molecule has 1 aliphatic carbocycles. The van der Waals surface area contributed by atoms with Gasteiger partial charge in [-0.2, -0.15) is 0 Å². The van der Waals surface area contributed by atoms with Crippen molar-refractivity contribution in [1.82, 2.24) is 10.3 Å². The van der Waals surface area contributed by atoms with Crippen LogP contribution in [0.1, 0.15) is 54.6 Å². The highest BCUT2D eigenvalue weighted by molar-refractivity contribution is 6.11. The van der Waals surface area contributed by atoms with Crippen LogP contribution in [0, 0.1) is 11.8 Å². The number of amides is 1. The van der Waals surface area contributed by atoms with Gasteiger partial charge in [0, 0.05) is 35.8 Å². The zero-order chi connectivity index (χ0) is 24.5. The fourth-order valence-corrected chi connectivity index (χ4v) is 5.43. The summed E-state index contributed by atoms with van der Waals surface area (Å²) < 4.78 is 0. The normalized spacial score (nSPS) is 20.5. The lowest BCUT2D eigenvalue weighted by molar-refractivity contribution is -0.124. The third-order valence-corrected chi connectivity index (χ3v) is 7.41. The second kappa shape index (κ2) is 9.86. The number of aromatic amines is 1. The molecule has 1 aliphatic heterocycles. The molecule has 3 N–H and O–H groups in total. The molecule has 1 amide bonds. The van der Waals surface area contributed by atoms with Crippen LogP contribution in [0.5, 0.6) is 0 Å². The quantitative estimate of drug-likeness (QED) is 0.427. The largest absolute Gasteiger partial charge is 0.394 e. The summed E-state index contributed by atoms with van der Waals surface area (Å²) in [6.45, 7) is 4.84. The number of aliphatic hydroxyl groups is 1. The van der Waals surface area contributed by atoms with Crippen LogP contribution >= 0.6 is 0 Å². The number of rotatable bonds is 8. The second-order valence-corrected chi connectivity index (χ2v) is 10.5. The van der Waals surface area contributed by atoms with Gasteiger partial charge >= 0.3 is 0 Å². The van der Waals surface area contributed by atoms with Crippen molar-refractivity contribution in [2.75, 3.05) is 18.1 Å². The van der Waals surface area contributed by atoms with Gasteiger partial charge in [-0.25, -0.2) is 0 Å². The average molecular weight is 474 g/mol. The topological polar surface area (TPSA) is 85.4 Å². The summed E-state index contributed by atoms with van der Waals surface area (Å²) in [4.78, 5) is 32.4. The third kappa shape index (κ3) is 4.85. The fraction of sp³-hybridized carbons (Fsp3) is 0.448. The van der Waals surface area contributed by atoms with Gasteiger partial charge in [0.2, 0.25) is 5.91 Å². The van der Waals surface area contributed by atoms with Gasteiger partial charge in [-0.3, -0.25) is 9.59 Å². The van der Waals surface area contributed by atoms with E-state index in [0.717, 1.165) is 34.3 Å². The third-order valence-electron chi connectivity index (χ3n) is 7.41. The first-order chi connectivity index (χ1) is 17.0. The molecule has 2 atom stereocenters. The molecule has 0 bridgehead atoms. The van der Waals surface area contributed by atoms with Crippen LogP contribution in [0.3, 0.4) is 0 Å². The van der Waals surface area contributed by atoms with E-state index in [0.29, 0.717) is 30.7 Å². The van der Waals surface area contributed by atoms with Crippen molar-refractivity contribution in [3.8, 4) is 0 Å². The number of H-pyrrole nitrogens is 1. The fourth-order valence-electron chi connectivity index (χ4n) is 5.43. The molecular weight excluding hydrogens is 438 g/mol. The van der Waals surface area contributed by atoms with Crippen LogP contribution in [0.2, 0.25) is 0 Å². The van der Waals surface area contributed by atoms with E-state index in [1.807, 2.05) is 36.5 Å². The molecular formula is C29H35N3O3. The summed E-state index contributed by atoms with van der Waals surface area (Å²) in [6.07, 6.45) is 5.96. The molecule has 35 heavy (non-hydrogen) atoms. The van der Waals surface area contributed by atoms with Crippen molar-refractivity contribution in [2.24, 2.45) is 11.8 Å². The molecule has 2 aliphatic rings. The molecule has 3 aromatic rings. The molecule has 0 spiro atoms. The Bertz CT molecular complexity index is 1210. The van der Waals surface area contributed by atoms with Gasteiger partial charge in [-0.1, -0.05) is 44.2 Å². The zero-order valence-corrected chi connectivity index (χ0v) is 20.6. The minimum absolute atomic E-state index is 0.0370. The molecule has 0 radical (unpaired) electrons. The Morgan fingerprint density at radius 3 is 2.60 bits per heavy atom. The maximum absolute atomic E-state index is 13.4. The molecule has 1 saturated carbocycles. The van der Waals surface area contributed by atoms with E-state index in [1.54, 1.807) is 0 Å². The van der Waals surface area contributed by atoms with Gasteiger partial charge in [-0.05, 0) is 60.8 Å². The van der Waals surface area contributed by atoms with Crippen LogP contribution in [0.25, 0.3) is 10.9 Å². The summed E-state index contributed by atoms with van der Waals surface area (Å²) in [5, 5.41) is 14.1. The molecule has 2 heterocycles. The van der Waals surface area contributed by atoms with Crippen molar-refractivity contribution < 1.29 is 14.7 Å². The molecule has 1 fully saturated rings. The maximum Gasteiger partial charge on any atom is 0.243 e. The van der Waals surface area contributed by atoms with Crippen molar-refractivity contribution in [3.05, 3.63) is 65.4 Å². The summed E-state index contributed by atoms with van der Waals surface area (Å²) in [6, 6.07) is 13.3. The number of carbonyl (C=O) groups is 2. The molecule has 6 nitrogen and oxygen atoms in total. The highest BCUT2D eigenvalue weighted by atomic mass is 16.3. The lowest BCUT2D eigenvalue weighted by atomic mass is 9.96. The second-order valence-electron chi connectivity index (χ2n) is 10.5. The van der Waals surface area contributed by atoms with Gasteiger partial charge in [0.25, 0.3) is 0 Å². The minimum atomic E-state index is -0.367. The molecule has 1 aromatic heterocycles. The molecule has 2 aromatic carbocycles. The first-order valence-electron chi connectivity index (χ1n) is 12.8. The molecule has 0 unspecified atom stereocenters. The Morgan fingerprint density at radius 2 is 1.91 bits per heavy atom. The van der Waals surface area contributed by atoms with E-state index in [-0.39, 0.29) is 36.3 Å². The van der Waals surface area contributed by atoms with Gasteiger partial charge in [0.1, 0.15) is 6.04 Å². The number of aromatic nitrogens is 1. The molecule has 5 rings (SSSR count). The lowest BCUT2D eigenvalue weighted by Gasteiger charge is -2.36. The van der Waals surface area contributed by atoms with E-state index in [2.05, 4.69) is 41.2 Å². The molecule has 184 valence electrons. The van der Waals surface area contributed by atoms with E-state index in [1.165, 1.54) is 12.8 Å². The van der Waals surface area contributed by atoms with Crippen molar-refractivity contribution in [2.45, 2.75) is 58.0 Å². The Morgan fingerprint density at radius 1 is 1.14 bits per heavy atom. The van der Waals surface area contributed by atoms with Crippen LogP contribution in [-0.4, -0.2) is 47.0 Å². The number of Topliss-reactive ketones (excluding diaryl/α,β-unsaturated/α-hetero) is 1. The number of ketones is 1. The van der Waals surface area contributed by atoms with E-state index >= 15 is 0 Å². The maximum atomic E-state index is 13.4. The van der Waals surface area contributed by atoms with E-state index in [9.17, 15) is 14.7 Å². The number of anilines is 1. The smallest absolute Gasteiger partial charge is 0.243 e. The first kappa shape index (κ1) is 23.6. The Balaban J connectivity index is 1.58. The number of aliphatic hydroxyl groups excluding tert-OH is 1. The van der Waals surface area contributed by atoms with E-state index < -0.39 is 0 Å². The highest BCUT2D eigenvalue weighted by Crippen LogP contribution is 2.39. The van der Waals surface area contributed by atoms with Crippen molar-refractivity contribution in [1.29, 1.82) is 0 Å². The zero-order valence-electron chi connectivity index (χ0n) is 20.6. The average Bonchev–Trinajstić information content (AvgIpc) is 3.57. The summed E-state index contributed by atoms with van der Waals surface area (Å²) >= 11 is 0. The standard InChI is InChI=1S/C29H35N3O3/c1-18(2)28-29(35)31-22(17-33)14-21-15-30-27-23(25(34)13-10-19-6-4-3-5-7-19)11-12-24(26(21)27)32(28)16-20-8-9-20/h3-7,11-12,15,18,20,22,28,30,33H,8-10,13-14,16-17H2,1-2H3,(H,31,35)/t22-,28-/m0/s1. The van der Waals surface area contributed by atoms with Crippen molar-refractivity contribution in [3.63, 3.8) is 0 Å². The van der Waals surface area contributed by atoms with Gasteiger partial charge < -0.3 is 20.3 Å². The summed E-state index contributed by atoms with van der Waals surface area (Å²) in [7, 11) is 0. The van der Waals surface area contributed by atoms with Crippen LogP contribution in [0.15, 0.2) is 48.7 Å². The van der Waals surface area contributed by atoms with Crippen LogP contribution in [0.4, 0.5) is 5.69 Å². The van der Waals surface area contributed by atoms with Crippen LogP contribution in [-0.2, 0) is 17.6 Å². The van der Waals surface area contributed by atoms with E-state index in [4.69, 9.17) is 0 Å². The number of hydrogen-bond acceptors (Lipinski definition) is 4. The first-order valence-corrected chi connectivity index (χ1v) is 12.8. The van der Waals surface area contributed by atoms with Crippen LogP contribution < -0.4 is 10.2 Å². The number of nitrogens with zero attached hydrogens (tertiary/aromatic N) is 1. The monoisotopic (exact) mass is 473 g/mol. The molecule has 6 heteroatoms. The van der Waals surface area contributed by atoms with Gasteiger partial charge in [0.15, 0.2) is 5.78 Å². The number of hydrogen-bond donors (Lipinski definition) is 3. The minimum Gasteiger partial charge on any atom is -0.394 e. The Hall–Kier alpha value is -3.12. The SMILES string of the molecule is CC(C)[C@H]1C(=O)N[C@H](CO)Cc2c[nH]c3c(C(=O)CCc4ccccc4)ccc(c23)N1CC1CC1. The number of aryl methyl sites for hydroxylation is 1. The predicted octanol–water partition coefficient (Wildman–Crippen LogP) is 4.26. The molecule has 0 saturated heterocycles. The number of nitrogens with one attached hydrogen (secondary N) is 2. The predicted molar refractivity (Wildman–Crippen MR) is 139 cm³/mol. The lowest BCUT2D eigenvalue weighted by Crippen LogP contribution is -2.53.